The number of hydrogen-bond donors (Lipinski definition) is 1. The summed E-state index contributed by atoms with van der Waals surface area (Å²) in [5, 5.41) is 2.73. The van der Waals surface area contributed by atoms with Crippen LogP contribution in [-0.4, -0.2) is 42.7 Å². The van der Waals surface area contributed by atoms with Gasteiger partial charge in [0.05, 0.1) is 6.04 Å². The van der Waals surface area contributed by atoms with Gasteiger partial charge >= 0.3 is 0 Å². The number of hydrogen-bond acceptors (Lipinski definition) is 2. The quantitative estimate of drug-likeness (QED) is 0.517. The van der Waals surface area contributed by atoms with Gasteiger partial charge in [-0.05, 0) is 0 Å². The van der Waals surface area contributed by atoms with Crippen molar-refractivity contribution in [3.63, 3.8) is 0 Å². The Kier molecular flexibility index (Phi) is 1.56. The van der Waals surface area contributed by atoms with Crippen molar-refractivity contribution < 1.29 is 9.18 Å². The Hall–Kier alpha value is -0.640. The summed E-state index contributed by atoms with van der Waals surface area (Å²) in [5.74, 6) is -0.00333. The van der Waals surface area contributed by atoms with Gasteiger partial charge in [0.1, 0.15) is 6.17 Å². The Labute approximate surface area is 64.6 Å². The van der Waals surface area contributed by atoms with Gasteiger partial charge in [0.25, 0.3) is 0 Å². The van der Waals surface area contributed by atoms with E-state index in [-0.39, 0.29) is 11.9 Å². The molecule has 62 valence electrons. The first-order chi connectivity index (χ1) is 5.27. The minimum atomic E-state index is -0.802. The second-order valence-corrected chi connectivity index (χ2v) is 3.13. The van der Waals surface area contributed by atoms with Crippen LogP contribution in [0.5, 0.6) is 0 Å². The number of rotatable bonds is 0. The molecule has 0 saturated carbocycles. The molecule has 0 aromatic rings. The van der Waals surface area contributed by atoms with Crippen LogP contribution in [0.25, 0.3) is 0 Å². The molecule has 2 fully saturated rings. The molecule has 0 aliphatic carbocycles. The highest BCUT2D eigenvalue weighted by Crippen LogP contribution is 2.21. The summed E-state index contributed by atoms with van der Waals surface area (Å²) in [6.45, 7) is 1.91. The fourth-order valence-electron chi connectivity index (χ4n) is 1.81. The van der Waals surface area contributed by atoms with E-state index in [0.29, 0.717) is 19.5 Å². The second kappa shape index (κ2) is 2.44. The standard InChI is InChI=1S/C7H11FN2O/c8-5-3-6-7(11)9-1-2-10(6)4-5/h5-6H,1-4H2,(H,9,11)/t5-,6+/m0/s1. The highest BCUT2D eigenvalue weighted by Gasteiger charge is 2.38. The first-order valence-electron chi connectivity index (χ1n) is 3.93. The highest BCUT2D eigenvalue weighted by atomic mass is 19.1. The summed E-state index contributed by atoms with van der Waals surface area (Å²) in [6.07, 6.45) is -0.421. The van der Waals surface area contributed by atoms with Gasteiger partial charge in [0.15, 0.2) is 0 Å². The number of amides is 1. The zero-order valence-electron chi connectivity index (χ0n) is 6.22. The van der Waals surface area contributed by atoms with E-state index in [2.05, 4.69) is 5.32 Å². The Morgan fingerprint density at radius 1 is 1.64 bits per heavy atom. The van der Waals surface area contributed by atoms with Crippen LogP contribution in [0.15, 0.2) is 0 Å². The predicted octanol–water partition coefficient (Wildman–Crippen LogP) is -0.471. The summed E-state index contributed by atoms with van der Waals surface area (Å²) in [7, 11) is 0. The van der Waals surface area contributed by atoms with Crippen molar-refractivity contribution in [2.45, 2.75) is 18.6 Å². The third-order valence-corrected chi connectivity index (χ3v) is 2.35. The Morgan fingerprint density at radius 3 is 3.18 bits per heavy atom. The SMILES string of the molecule is O=C1NCCN2C[C@@H](F)C[C@H]12. The maximum absolute atomic E-state index is 12.8. The van der Waals surface area contributed by atoms with Crippen molar-refractivity contribution in [2.75, 3.05) is 19.6 Å². The zero-order chi connectivity index (χ0) is 7.84. The number of nitrogens with one attached hydrogen (secondary N) is 1. The molecule has 0 aromatic carbocycles. The van der Waals surface area contributed by atoms with Gasteiger partial charge in [-0.3, -0.25) is 9.69 Å². The van der Waals surface area contributed by atoms with Crippen LogP contribution in [0.2, 0.25) is 0 Å². The molecule has 2 aliphatic rings. The van der Waals surface area contributed by atoms with Gasteiger partial charge in [0, 0.05) is 26.1 Å². The lowest BCUT2D eigenvalue weighted by Crippen LogP contribution is -2.51. The van der Waals surface area contributed by atoms with Crippen LogP contribution in [0, 0.1) is 0 Å². The fraction of sp³-hybridized carbons (Fsp3) is 0.857. The Bertz CT molecular complexity index is 185. The van der Waals surface area contributed by atoms with Crippen LogP contribution < -0.4 is 5.32 Å². The molecular formula is C7H11FN2O. The van der Waals surface area contributed by atoms with E-state index in [1.54, 1.807) is 0 Å². The van der Waals surface area contributed by atoms with Gasteiger partial charge in [-0.1, -0.05) is 0 Å². The van der Waals surface area contributed by atoms with Gasteiger partial charge < -0.3 is 5.32 Å². The molecule has 2 saturated heterocycles. The highest BCUT2D eigenvalue weighted by molar-refractivity contribution is 5.82. The number of carbonyl (C=O) groups excluding carboxylic acids is 1. The van der Waals surface area contributed by atoms with Crippen LogP contribution in [-0.2, 0) is 4.79 Å². The van der Waals surface area contributed by atoms with Crippen molar-refractivity contribution in [1.29, 1.82) is 0 Å². The van der Waals surface area contributed by atoms with E-state index in [4.69, 9.17) is 0 Å². The number of piperazine rings is 1. The van der Waals surface area contributed by atoms with Gasteiger partial charge in [-0.2, -0.15) is 0 Å². The third-order valence-electron chi connectivity index (χ3n) is 2.35. The molecule has 0 unspecified atom stereocenters. The lowest BCUT2D eigenvalue weighted by Gasteiger charge is -2.28. The van der Waals surface area contributed by atoms with Crippen molar-refractivity contribution >= 4 is 5.91 Å². The van der Waals surface area contributed by atoms with Crippen molar-refractivity contribution in [3.8, 4) is 0 Å². The monoisotopic (exact) mass is 158 g/mol. The molecule has 0 spiro atoms. The van der Waals surface area contributed by atoms with E-state index in [0.717, 1.165) is 6.54 Å². The molecule has 0 bridgehead atoms. The van der Waals surface area contributed by atoms with Crippen molar-refractivity contribution in [2.24, 2.45) is 0 Å². The van der Waals surface area contributed by atoms with E-state index in [9.17, 15) is 9.18 Å². The Morgan fingerprint density at radius 2 is 2.45 bits per heavy atom. The first-order valence-corrected chi connectivity index (χ1v) is 3.93. The predicted molar refractivity (Wildman–Crippen MR) is 37.9 cm³/mol. The number of carbonyl (C=O) groups is 1. The van der Waals surface area contributed by atoms with Crippen LogP contribution in [0.3, 0.4) is 0 Å². The smallest absolute Gasteiger partial charge is 0.237 e. The largest absolute Gasteiger partial charge is 0.353 e. The summed E-state index contributed by atoms with van der Waals surface area (Å²) in [6, 6.07) is -0.182. The molecule has 4 heteroatoms. The van der Waals surface area contributed by atoms with Gasteiger partial charge in [-0.15, -0.1) is 0 Å². The van der Waals surface area contributed by atoms with Gasteiger partial charge in [-0.25, -0.2) is 4.39 Å². The van der Waals surface area contributed by atoms with Crippen molar-refractivity contribution in [1.82, 2.24) is 10.2 Å². The lowest BCUT2D eigenvalue weighted by molar-refractivity contribution is -0.127. The van der Waals surface area contributed by atoms with Crippen LogP contribution in [0.4, 0.5) is 4.39 Å². The van der Waals surface area contributed by atoms with Gasteiger partial charge in [0.2, 0.25) is 5.91 Å². The maximum Gasteiger partial charge on any atom is 0.237 e. The number of halogens is 1. The maximum atomic E-state index is 12.8. The second-order valence-electron chi connectivity index (χ2n) is 3.13. The van der Waals surface area contributed by atoms with Crippen LogP contribution >= 0.6 is 0 Å². The molecule has 1 amide bonds. The number of nitrogens with zero attached hydrogens (tertiary/aromatic N) is 1. The molecule has 0 aromatic heterocycles. The fourth-order valence-corrected chi connectivity index (χ4v) is 1.81. The summed E-state index contributed by atoms with van der Waals surface area (Å²) in [4.78, 5) is 13.0. The molecule has 0 radical (unpaired) electrons. The minimum absolute atomic E-state index is 0.00333. The van der Waals surface area contributed by atoms with E-state index < -0.39 is 6.17 Å². The topological polar surface area (TPSA) is 32.3 Å². The normalized spacial score (nSPS) is 38.5. The summed E-state index contributed by atoms with van der Waals surface area (Å²) >= 11 is 0. The van der Waals surface area contributed by atoms with E-state index >= 15 is 0 Å². The summed E-state index contributed by atoms with van der Waals surface area (Å²) < 4.78 is 12.8. The third kappa shape index (κ3) is 1.11. The van der Waals surface area contributed by atoms with E-state index in [1.807, 2.05) is 4.90 Å². The molecule has 2 atom stereocenters. The summed E-state index contributed by atoms with van der Waals surface area (Å²) in [5.41, 5.74) is 0. The number of alkyl halides is 1. The molecule has 3 nitrogen and oxygen atoms in total. The molecule has 2 heterocycles. The lowest BCUT2D eigenvalue weighted by atomic mass is 10.1. The molecule has 11 heavy (non-hydrogen) atoms. The number of fused-ring (bicyclic) bond motifs is 1. The molecular weight excluding hydrogens is 147 g/mol. The minimum Gasteiger partial charge on any atom is -0.353 e. The Balaban J connectivity index is 2.09. The molecule has 1 N–H and O–H groups in total. The molecule has 2 rings (SSSR count). The van der Waals surface area contributed by atoms with E-state index in [1.165, 1.54) is 0 Å². The first kappa shape index (κ1) is 7.03. The van der Waals surface area contributed by atoms with Crippen LogP contribution in [0.1, 0.15) is 6.42 Å². The molecule has 2 aliphatic heterocycles. The zero-order valence-corrected chi connectivity index (χ0v) is 6.22. The average Bonchev–Trinajstić information content (AvgIpc) is 2.31. The average molecular weight is 158 g/mol. The van der Waals surface area contributed by atoms with Crippen molar-refractivity contribution in [3.05, 3.63) is 0 Å².